The van der Waals surface area contributed by atoms with Crippen LogP contribution in [0.5, 0.6) is 5.75 Å². The van der Waals surface area contributed by atoms with Crippen LogP contribution >= 0.6 is 0 Å². The molecule has 0 bridgehead atoms. The molecular weight excluding hydrogens is 345 g/mol. The van der Waals surface area contributed by atoms with E-state index in [4.69, 9.17) is 9.47 Å². The molecule has 4 nitrogen and oxygen atoms in total. The van der Waals surface area contributed by atoms with Crippen LogP contribution in [0.1, 0.15) is 38.7 Å². The van der Waals surface area contributed by atoms with Gasteiger partial charge in [0.15, 0.2) is 0 Å². The van der Waals surface area contributed by atoms with Gasteiger partial charge in [0.1, 0.15) is 11.6 Å². The van der Waals surface area contributed by atoms with E-state index in [0.717, 1.165) is 12.2 Å². The number of anilines is 1. The summed E-state index contributed by atoms with van der Waals surface area (Å²) >= 11 is 0. The molecule has 5 heteroatoms. The molecule has 1 atom stereocenters. The minimum Gasteiger partial charge on any atom is -0.491 e. The van der Waals surface area contributed by atoms with Gasteiger partial charge in [-0.2, -0.15) is 0 Å². The number of carbonyl (C=O) groups is 1. The maximum absolute atomic E-state index is 14.5. The van der Waals surface area contributed by atoms with Gasteiger partial charge in [-0.15, -0.1) is 0 Å². The van der Waals surface area contributed by atoms with Gasteiger partial charge in [0.2, 0.25) is 5.91 Å². The van der Waals surface area contributed by atoms with E-state index in [-0.39, 0.29) is 17.8 Å². The fourth-order valence-corrected chi connectivity index (χ4v) is 3.37. The molecule has 0 radical (unpaired) electrons. The van der Waals surface area contributed by atoms with Crippen molar-refractivity contribution in [3.8, 4) is 5.75 Å². The van der Waals surface area contributed by atoms with E-state index in [0.29, 0.717) is 37.3 Å². The van der Waals surface area contributed by atoms with Crippen molar-refractivity contribution in [3.05, 3.63) is 59.9 Å². The third kappa shape index (κ3) is 4.30. The lowest BCUT2D eigenvalue weighted by atomic mass is 9.73. The Morgan fingerprint density at radius 3 is 2.48 bits per heavy atom. The standard InChI is InChI=1S/C22H26FNO3/c1-3-16(2)27-18-10-8-17(9-11-18)24-21(25)22(12-14-26-15-13-22)19-6-4-5-7-20(19)23/h4-11,16H,3,12-15H2,1-2H3,(H,24,25)/t16-/m0/s1. The maximum atomic E-state index is 14.5. The van der Waals surface area contributed by atoms with E-state index in [1.807, 2.05) is 31.2 Å². The molecule has 1 heterocycles. The Morgan fingerprint density at radius 1 is 1.19 bits per heavy atom. The Hall–Kier alpha value is -2.40. The first kappa shape index (κ1) is 19.4. The summed E-state index contributed by atoms with van der Waals surface area (Å²) in [4.78, 5) is 13.2. The van der Waals surface area contributed by atoms with Gasteiger partial charge < -0.3 is 14.8 Å². The first-order valence-corrected chi connectivity index (χ1v) is 9.46. The lowest BCUT2D eigenvalue weighted by molar-refractivity contribution is -0.125. The summed E-state index contributed by atoms with van der Waals surface area (Å²) in [6.07, 6.45) is 1.97. The van der Waals surface area contributed by atoms with Crippen molar-refractivity contribution in [2.45, 2.75) is 44.6 Å². The Kier molecular flexibility index (Phi) is 6.11. The highest BCUT2D eigenvalue weighted by Gasteiger charge is 2.43. The van der Waals surface area contributed by atoms with Gasteiger partial charge in [0.05, 0.1) is 11.5 Å². The summed E-state index contributed by atoms with van der Waals surface area (Å²) < 4.78 is 25.7. The van der Waals surface area contributed by atoms with Gasteiger partial charge in [0, 0.05) is 24.5 Å². The van der Waals surface area contributed by atoms with Crippen LogP contribution in [0, 0.1) is 5.82 Å². The Morgan fingerprint density at radius 2 is 1.85 bits per heavy atom. The van der Waals surface area contributed by atoms with Crippen LogP contribution in [0.4, 0.5) is 10.1 Å². The predicted octanol–water partition coefficient (Wildman–Crippen LogP) is 4.69. The van der Waals surface area contributed by atoms with Crippen LogP contribution in [-0.2, 0) is 14.9 Å². The van der Waals surface area contributed by atoms with Crippen LogP contribution in [0.2, 0.25) is 0 Å². The smallest absolute Gasteiger partial charge is 0.235 e. The van der Waals surface area contributed by atoms with E-state index < -0.39 is 5.41 Å². The molecule has 0 saturated carbocycles. The van der Waals surface area contributed by atoms with Gasteiger partial charge in [-0.25, -0.2) is 4.39 Å². The van der Waals surface area contributed by atoms with E-state index in [1.165, 1.54) is 6.07 Å². The van der Waals surface area contributed by atoms with Gasteiger partial charge in [-0.1, -0.05) is 25.1 Å². The largest absolute Gasteiger partial charge is 0.491 e. The second kappa shape index (κ2) is 8.53. The summed E-state index contributed by atoms with van der Waals surface area (Å²) in [5.41, 5.74) is 0.177. The zero-order valence-corrected chi connectivity index (χ0v) is 15.8. The van der Waals surface area contributed by atoms with Crippen LogP contribution in [0.15, 0.2) is 48.5 Å². The topological polar surface area (TPSA) is 47.6 Å². The summed E-state index contributed by atoms with van der Waals surface area (Å²) in [6, 6.07) is 13.8. The third-order valence-electron chi connectivity index (χ3n) is 5.19. The molecule has 0 spiro atoms. The van der Waals surface area contributed by atoms with Crippen LogP contribution < -0.4 is 10.1 Å². The van der Waals surface area contributed by atoms with Crippen molar-refractivity contribution in [1.29, 1.82) is 0 Å². The monoisotopic (exact) mass is 371 g/mol. The average molecular weight is 371 g/mol. The first-order chi connectivity index (χ1) is 13.0. The zero-order chi connectivity index (χ0) is 19.3. The number of rotatable bonds is 6. The highest BCUT2D eigenvalue weighted by molar-refractivity contribution is 5.99. The normalized spacial score (nSPS) is 17.1. The second-order valence-corrected chi connectivity index (χ2v) is 6.99. The fraction of sp³-hybridized carbons (Fsp3) is 0.409. The predicted molar refractivity (Wildman–Crippen MR) is 104 cm³/mol. The molecule has 0 aliphatic carbocycles. The minimum absolute atomic E-state index is 0.136. The SMILES string of the molecule is CC[C@H](C)Oc1ccc(NC(=O)C2(c3ccccc3F)CCOCC2)cc1. The van der Waals surface area contributed by atoms with E-state index >= 15 is 0 Å². The molecule has 1 aliphatic heterocycles. The number of hydrogen-bond acceptors (Lipinski definition) is 3. The maximum Gasteiger partial charge on any atom is 0.235 e. The Bertz CT molecular complexity index is 769. The van der Waals surface area contributed by atoms with Crippen molar-refractivity contribution >= 4 is 11.6 Å². The van der Waals surface area contributed by atoms with Crippen molar-refractivity contribution in [2.24, 2.45) is 0 Å². The molecule has 144 valence electrons. The lowest BCUT2D eigenvalue weighted by Crippen LogP contribution is -2.45. The number of halogens is 1. The molecule has 1 amide bonds. The van der Waals surface area contributed by atoms with Gasteiger partial charge >= 0.3 is 0 Å². The van der Waals surface area contributed by atoms with Crippen molar-refractivity contribution in [3.63, 3.8) is 0 Å². The molecule has 27 heavy (non-hydrogen) atoms. The van der Waals surface area contributed by atoms with Gasteiger partial charge in [-0.05, 0) is 56.5 Å². The minimum atomic E-state index is -0.921. The fourth-order valence-electron chi connectivity index (χ4n) is 3.37. The summed E-state index contributed by atoms with van der Waals surface area (Å²) in [5.74, 6) is 0.204. The van der Waals surface area contributed by atoms with Crippen LogP contribution in [-0.4, -0.2) is 25.2 Å². The van der Waals surface area contributed by atoms with Gasteiger partial charge in [-0.3, -0.25) is 4.79 Å². The molecule has 2 aromatic rings. The van der Waals surface area contributed by atoms with Crippen LogP contribution in [0.25, 0.3) is 0 Å². The summed E-state index contributed by atoms with van der Waals surface area (Å²) in [6.45, 7) is 4.95. The number of carbonyl (C=O) groups excluding carboxylic acids is 1. The second-order valence-electron chi connectivity index (χ2n) is 6.99. The molecule has 1 saturated heterocycles. The molecule has 0 aromatic heterocycles. The quantitative estimate of drug-likeness (QED) is 0.801. The summed E-state index contributed by atoms with van der Waals surface area (Å²) in [7, 11) is 0. The molecule has 3 rings (SSSR count). The zero-order valence-electron chi connectivity index (χ0n) is 15.8. The highest BCUT2D eigenvalue weighted by Crippen LogP contribution is 2.37. The molecule has 1 aliphatic rings. The van der Waals surface area contributed by atoms with E-state index in [9.17, 15) is 9.18 Å². The van der Waals surface area contributed by atoms with E-state index in [2.05, 4.69) is 12.2 Å². The van der Waals surface area contributed by atoms with Crippen LogP contribution in [0.3, 0.4) is 0 Å². The molecule has 0 unspecified atom stereocenters. The van der Waals surface area contributed by atoms with E-state index in [1.54, 1.807) is 18.2 Å². The molecule has 2 aromatic carbocycles. The number of amides is 1. The van der Waals surface area contributed by atoms with Crippen molar-refractivity contribution < 1.29 is 18.7 Å². The van der Waals surface area contributed by atoms with Gasteiger partial charge in [0.25, 0.3) is 0 Å². The molecule has 1 fully saturated rings. The average Bonchev–Trinajstić information content (AvgIpc) is 2.70. The molecule has 1 N–H and O–H groups in total. The number of nitrogens with one attached hydrogen (secondary N) is 1. The Labute approximate surface area is 159 Å². The Balaban J connectivity index is 1.80. The number of ether oxygens (including phenoxy) is 2. The van der Waals surface area contributed by atoms with Crippen molar-refractivity contribution in [2.75, 3.05) is 18.5 Å². The highest BCUT2D eigenvalue weighted by atomic mass is 19.1. The molecular formula is C22H26FNO3. The number of hydrogen-bond donors (Lipinski definition) is 1. The summed E-state index contributed by atoms with van der Waals surface area (Å²) in [5, 5.41) is 2.96. The first-order valence-electron chi connectivity index (χ1n) is 9.46. The number of benzene rings is 2. The lowest BCUT2D eigenvalue weighted by Gasteiger charge is -2.36. The third-order valence-corrected chi connectivity index (χ3v) is 5.19. The van der Waals surface area contributed by atoms with Crippen molar-refractivity contribution in [1.82, 2.24) is 0 Å².